The summed E-state index contributed by atoms with van der Waals surface area (Å²) in [5.74, 6) is 0. The van der Waals surface area contributed by atoms with Gasteiger partial charge in [0.05, 0.1) is 24.7 Å². The van der Waals surface area contributed by atoms with Gasteiger partial charge in [-0.05, 0) is 26.7 Å². The first-order valence-corrected chi connectivity index (χ1v) is 8.53. The lowest BCUT2D eigenvalue weighted by Gasteiger charge is -2.04. The summed E-state index contributed by atoms with van der Waals surface area (Å²) in [7, 11) is -7.33. The number of aliphatic hydroxyl groups excluding tert-OH is 2. The van der Waals surface area contributed by atoms with Crippen molar-refractivity contribution < 1.29 is 36.2 Å². The van der Waals surface area contributed by atoms with Crippen molar-refractivity contribution in [2.75, 3.05) is 12.5 Å². The average molecular weight is 310 g/mol. The smallest absolute Gasteiger partial charge is 0.261 e. The van der Waals surface area contributed by atoms with Crippen LogP contribution in [0.2, 0.25) is 0 Å². The van der Waals surface area contributed by atoms with E-state index in [1.807, 2.05) is 0 Å². The number of hydrogen-bond donors (Lipinski definition) is 4. The molecule has 0 bridgehead atoms. The molecular weight excluding hydrogens is 288 g/mol. The zero-order chi connectivity index (χ0) is 15.6. The summed E-state index contributed by atoms with van der Waals surface area (Å²) in [6.45, 7) is 3.45. The molecule has 0 aliphatic carbocycles. The van der Waals surface area contributed by atoms with E-state index in [0.717, 1.165) is 0 Å². The van der Waals surface area contributed by atoms with E-state index in [0.29, 0.717) is 25.4 Å². The zero-order valence-corrected chi connectivity index (χ0v) is 12.4. The van der Waals surface area contributed by atoms with Crippen LogP contribution in [-0.2, 0) is 20.2 Å². The van der Waals surface area contributed by atoms with E-state index in [9.17, 15) is 16.8 Å². The first-order chi connectivity index (χ1) is 7.63. The number of aliphatic hydroxyl groups is 2. The predicted octanol–water partition coefficient (Wildman–Crippen LogP) is -0.464. The van der Waals surface area contributed by atoms with Gasteiger partial charge in [0.25, 0.3) is 20.2 Å². The summed E-state index contributed by atoms with van der Waals surface area (Å²) in [4.78, 5) is 0. The Hall–Kier alpha value is -0.260. The molecule has 0 rings (SSSR count). The van der Waals surface area contributed by atoms with Gasteiger partial charge < -0.3 is 10.2 Å². The van der Waals surface area contributed by atoms with Gasteiger partial charge in [-0.2, -0.15) is 16.8 Å². The molecule has 0 aromatic carbocycles. The Bertz CT molecular complexity index is 314. The van der Waals surface area contributed by atoms with Crippen LogP contribution in [0.3, 0.4) is 0 Å². The first kappa shape index (κ1) is 22.9. The SMILES string of the molecule is CS(=O)(=O)O.CS(=O)(=O)O.C[C@@H](O)CC[C@@H](C)O. The number of rotatable bonds is 3. The minimum atomic E-state index is -3.67. The minimum absolute atomic E-state index is 0.274. The van der Waals surface area contributed by atoms with Gasteiger partial charge in [0, 0.05) is 0 Å². The maximum absolute atomic E-state index is 9.19. The molecule has 8 nitrogen and oxygen atoms in total. The van der Waals surface area contributed by atoms with Crippen molar-refractivity contribution >= 4 is 20.2 Å². The van der Waals surface area contributed by atoms with Crippen molar-refractivity contribution in [3.05, 3.63) is 0 Å². The second kappa shape index (κ2) is 10.6. The highest BCUT2D eigenvalue weighted by atomic mass is 32.2. The standard InChI is InChI=1S/C6H14O2.2CH4O3S/c1-5(7)3-4-6(2)8;2*1-5(2,3)4/h5-8H,3-4H2,1-2H3;2*1H3,(H,2,3,4)/t5-,6-;;/m1../s1. The van der Waals surface area contributed by atoms with Gasteiger partial charge in [0.15, 0.2) is 0 Å². The molecule has 0 aromatic heterocycles. The summed E-state index contributed by atoms with van der Waals surface area (Å²) in [6.07, 6.45) is 2.27. The Labute approximate surface area is 108 Å². The summed E-state index contributed by atoms with van der Waals surface area (Å²) in [5.41, 5.74) is 0. The van der Waals surface area contributed by atoms with Crippen molar-refractivity contribution in [2.24, 2.45) is 0 Å². The van der Waals surface area contributed by atoms with Crippen molar-refractivity contribution in [3.63, 3.8) is 0 Å². The van der Waals surface area contributed by atoms with Crippen LogP contribution in [0.5, 0.6) is 0 Å². The van der Waals surface area contributed by atoms with Gasteiger partial charge >= 0.3 is 0 Å². The van der Waals surface area contributed by atoms with E-state index in [2.05, 4.69) is 0 Å². The fourth-order valence-electron chi connectivity index (χ4n) is 0.482. The second-order valence-electron chi connectivity index (χ2n) is 3.74. The third-order valence-electron chi connectivity index (χ3n) is 1.00. The predicted molar refractivity (Wildman–Crippen MR) is 67.5 cm³/mol. The van der Waals surface area contributed by atoms with E-state index < -0.39 is 20.2 Å². The molecule has 0 aliphatic heterocycles. The van der Waals surface area contributed by atoms with E-state index >= 15 is 0 Å². The van der Waals surface area contributed by atoms with E-state index in [-0.39, 0.29) is 12.2 Å². The van der Waals surface area contributed by atoms with E-state index in [1.54, 1.807) is 13.8 Å². The minimum Gasteiger partial charge on any atom is -0.393 e. The lowest BCUT2D eigenvalue weighted by Crippen LogP contribution is -2.06. The fourth-order valence-corrected chi connectivity index (χ4v) is 0.482. The van der Waals surface area contributed by atoms with Crippen LogP contribution in [0.15, 0.2) is 0 Å². The second-order valence-corrected chi connectivity index (χ2v) is 6.67. The van der Waals surface area contributed by atoms with Gasteiger partial charge in [-0.3, -0.25) is 9.11 Å². The maximum atomic E-state index is 9.19. The normalized spacial score (nSPS) is 14.4. The van der Waals surface area contributed by atoms with Crippen molar-refractivity contribution in [3.8, 4) is 0 Å². The molecule has 0 spiro atoms. The Morgan fingerprint density at radius 3 is 0.944 bits per heavy atom. The van der Waals surface area contributed by atoms with Crippen LogP contribution in [0.4, 0.5) is 0 Å². The fraction of sp³-hybridized carbons (Fsp3) is 1.00. The van der Waals surface area contributed by atoms with Crippen molar-refractivity contribution in [1.29, 1.82) is 0 Å². The Kier molecular flexibility index (Phi) is 13.5. The average Bonchev–Trinajstić information content (AvgIpc) is 1.93. The number of hydrogen-bond acceptors (Lipinski definition) is 6. The molecule has 0 saturated heterocycles. The molecule has 4 N–H and O–H groups in total. The molecule has 0 aliphatic rings. The summed E-state index contributed by atoms with van der Waals surface area (Å²) >= 11 is 0. The van der Waals surface area contributed by atoms with Gasteiger partial charge in [0.2, 0.25) is 0 Å². The van der Waals surface area contributed by atoms with E-state index in [4.69, 9.17) is 19.3 Å². The van der Waals surface area contributed by atoms with Gasteiger partial charge in [0.1, 0.15) is 0 Å². The third kappa shape index (κ3) is 152. The highest BCUT2D eigenvalue weighted by Crippen LogP contribution is 1.98. The summed E-state index contributed by atoms with van der Waals surface area (Å²) < 4.78 is 51.7. The molecule has 0 unspecified atom stereocenters. The molecule has 0 aromatic rings. The molecule has 0 saturated carbocycles. The van der Waals surface area contributed by atoms with Gasteiger partial charge in [-0.25, -0.2) is 0 Å². The summed E-state index contributed by atoms with van der Waals surface area (Å²) in [6, 6.07) is 0. The molecule has 0 fully saturated rings. The highest BCUT2D eigenvalue weighted by Gasteiger charge is 1.98. The molecule has 0 amide bonds. The van der Waals surface area contributed by atoms with Crippen molar-refractivity contribution in [1.82, 2.24) is 0 Å². The topological polar surface area (TPSA) is 149 Å². The summed E-state index contributed by atoms with van der Waals surface area (Å²) in [5, 5.41) is 17.4. The molecule has 10 heteroatoms. The van der Waals surface area contributed by atoms with Crippen LogP contribution in [-0.4, -0.2) is 60.9 Å². The first-order valence-electron chi connectivity index (χ1n) is 4.84. The molecule has 18 heavy (non-hydrogen) atoms. The molecule has 0 radical (unpaired) electrons. The van der Waals surface area contributed by atoms with Crippen LogP contribution in [0, 0.1) is 0 Å². The molecule has 0 heterocycles. The third-order valence-corrected chi connectivity index (χ3v) is 1.00. The van der Waals surface area contributed by atoms with Gasteiger partial charge in [-0.15, -0.1) is 0 Å². The molecule has 2 atom stereocenters. The Morgan fingerprint density at radius 1 is 0.778 bits per heavy atom. The zero-order valence-electron chi connectivity index (χ0n) is 10.8. The Morgan fingerprint density at radius 2 is 0.889 bits per heavy atom. The molecule has 114 valence electrons. The van der Waals surface area contributed by atoms with Crippen LogP contribution in [0.1, 0.15) is 26.7 Å². The van der Waals surface area contributed by atoms with Crippen molar-refractivity contribution in [2.45, 2.75) is 38.9 Å². The van der Waals surface area contributed by atoms with Crippen LogP contribution >= 0.6 is 0 Å². The Balaban J connectivity index is -0.000000197. The van der Waals surface area contributed by atoms with E-state index in [1.165, 1.54) is 0 Å². The monoisotopic (exact) mass is 310 g/mol. The lowest BCUT2D eigenvalue weighted by molar-refractivity contribution is 0.133. The maximum Gasteiger partial charge on any atom is 0.261 e. The van der Waals surface area contributed by atoms with Crippen LogP contribution in [0.25, 0.3) is 0 Å². The lowest BCUT2D eigenvalue weighted by atomic mass is 10.1. The highest BCUT2D eigenvalue weighted by molar-refractivity contribution is 7.85. The van der Waals surface area contributed by atoms with Gasteiger partial charge in [-0.1, -0.05) is 0 Å². The largest absolute Gasteiger partial charge is 0.393 e. The molecular formula is C8H22O8S2. The quantitative estimate of drug-likeness (QED) is 0.511. The van der Waals surface area contributed by atoms with Crippen LogP contribution < -0.4 is 0 Å².